The molecule has 6 nitrogen and oxygen atoms in total. The van der Waals surface area contributed by atoms with E-state index in [-0.39, 0.29) is 5.75 Å². The summed E-state index contributed by atoms with van der Waals surface area (Å²) >= 11 is 0. The molecule has 0 aliphatic carbocycles. The molecule has 70 valence electrons. The number of sulfone groups is 1. The van der Waals surface area contributed by atoms with Crippen LogP contribution in [-0.2, 0) is 14.6 Å². The van der Waals surface area contributed by atoms with Crippen molar-refractivity contribution in [3.05, 3.63) is 10.1 Å². The second kappa shape index (κ2) is 2.98. The van der Waals surface area contributed by atoms with Crippen LogP contribution in [0.2, 0.25) is 0 Å². The largest absolute Gasteiger partial charge is 0.373 e. The molecule has 0 unspecified atom stereocenters. The van der Waals surface area contributed by atoms with Crippen molar-refractivity contribution in [2.45, 2.75) is 12.1 Å². The van der Waals surface area contributed by atoms with E-state index in [0.29, 0.717) is 0 Å². The third-order valence-electron chi connectivity index (χ3n) is 1.85. The van der Waals surface area contributed by atoms with E-state index in [1.54, 1.807) is 0 Å². The lowest BCUT2D eigenvalue weighted by Crippen LogP contribution is -2.33. The Morgan fingerprint density at radius 1 is 1.50 bits per heavy atom. The van der Waals surface area contributed by atoms with Gasteiger partial charge in [0, 0.05) is 12.0 Å². The Hall–Kier alpha value is -0.690. The number of rotatable bonds is 2. The fraction of sp³-hybridized carbons (Fsp3) is 1.00. The maximum absolute atomic E-state index is 10.9. The number of hydrogen-bond donors (Lipinski definition) is 0. The molecule has 0 aromatic carbocycles. The zero-order valence-corrected chi connectivity index (χ0v) is 7.28. The molecular formula is C5H9NO5S. The molecule has 7 heteroatoms. The van der Waals surface area contributed by atoms with Crippen LogP contribution in [0, 0.1) is 10.1 Å². The van der Waals surface area contributed by atoms with Gasteiger partial charge in [-0.2, -0.15) is 0 Å². The van der Waals surface area contributed by atoms with E-state index in [2.05, 4.69) is 0 Å². The summed E-state index contributed by atoms with van der Waals surface area (Å²) in [6, 6.07) is -1.10. The van der Waals surface area contributed by atoms with Crippen molar-refractivity contribution in [2.75, 3.05) is 18.6 Å². The molecule has 0 aromatic rings. The van der Waals surface area contributed by atoms with Gasteiger partial charge in [0.05, 0.1) is 5.75 Å². The quantitative estimate of drug-likeness (QED) is 0.420. The Bertz CT molecular complexity index is 284. The van der Waals surface area contributed by atoms with Gasteiger partial charge in [0.15, 0.2) is 9.84 Å². The minimum absolute atomic E-state index is 0.241. The normalized spacial score (nSPS) is 33.4. The van der Waals surface area contributed by atoms with Crippen molar-refractivity contribution in [3.63, 3.8) is 0 Å². The third kappa shape index (κ3) is 1.72. The van der Waals surface area contributed by atoms with E-state index >= 15 is 0 Å². The standard InChI is InChI=1S/C5H9NO5S/c1-11-5-3-12(9,10)2-4(5)6(7)8/h4-5H,2-3H2,1H3/t4-,5+/m0/s1. The fourth-order valence-electron chi connectivity index (χ4n) is 1.22. The average Bonchev–Trinajstić information content (AvgIpc) is 2.25. The van der Waals surface area contributed by atoms with Crippen LogP contribution in [-0.4, -0.2) is 44.1 Å². The van der Waals surface area contributed by atoms with Crippen molar-refractivity contribution < 1.29 is 18.1 Å². The van der Waals surface area contributed by atoms with Crippen molar-refractivity contribution in [1.29, 1.82) is 0 Å². The lowest BCUT2D eigenvalue weighted by Gasteiger charge is -2.07. The summed E-state index contributed by atoms with van der Waals surface area (Å²) in [4.78, 5) is 9.72. The summed E-state index contributed by atoms with van der Waals surface area (Å²) < 4.78 is 26.6. The Morgan fingerprint density at radius 3 is 2.42 bits per heavy atom. The average molecular weight is 195 g/mol. The van der Waals surface area contributed by atoms with Crippen LogP contribution in [0.25, 0.3) is 0 Å². The van der Waals surface area contributed by atoms with Crippen molar-refractivity contribution in [3.8, 4) is 0 Å². The van der Waals surface area contributed by atoms with Crippen LogP contribution in [0.5, 0.6) is 0 Å². The minimum Gasteiger partial charge on any atom is -0.373 e. The van der Waals surface area contributed by atoms with Crippen molar-refractivity contribution in [1.82, 2.24) is 0 Å². The summed E-state index contributed by atoms with van der Waals surface area (Å²) in [5, 5.41) is 10.3. The Labute approximate surface area is 69.6 Å². The molecular weight excluding hydrogens is 186 g/mol. The van der Waals surface area contributed by atoms with Crippen LogP contribution in [0.3, 0.4) is 0 Å². The van der Waals surface area contributed by atoms with Crippen LogP contribution in [0.15, 0.2) is 0 Å². The molecule has 0 N–H and O–H groups in total. The molecule has 1 aliphatic heterocycles. The van der Waals surface area contributed by atoms with Gasteiger partial charge in [-0.1, -0.05) is 0 Å². The van der Waals surface area contributed by atoms with Gasteiger partial charge in [-0.05, 0) is 0 Å². The molecule has 0 amide bonds. The van der Waals surface area contributed by atoms with Crippen LogP contribution in [0.4, 0.5) is 0 Å². The molecule has 0 aromatic heterocycles. The molecule has 1 rings (SSSR count). The number of methoxy groups -OCH3 is 1. The highest BCUT2D eigenvalue weighted by Crippen LogP contribution is 2.17. The molecule has 0 saturated carbocycles. The summed E-state index contributed by atoms with van der Waals surface area (Å²) in [6.45, 7) is 0. The van der Waals surface area contributed by atoms with E-state index < -0.39 is 32.7 Å². The predicted octanol–water partition coefficient (Wildman–Crippen LogP) is -0.925. The van der Waals surface area contributed by atoms with Gasteiger partial charge in [-0.3, -0.25) is 10.1 Å². The number of ether oxygens (including phenoxy) is 1. The van der Waals surface area contributed by atoms with Gasteiger partial charge in [0.1, 0.15) is 11.9 Å². The summed E-state index contributed by atoms with van der Waals surface area (Å²) in [7, 11) is -1.99. The maximum Gasteiger partial charge on any atom is 0.253 e. The van der Waals surface area contributed by atoms with E-state index in [0.717, 1.165) is 0 Å². The lowest BCUT2D eigenvalue weighted by molar-refractivity contribution is -0.526. The highest BCUT2D eigenvalue weighted by molar-refractivity contribution is 7.91. The van der Waals surface area contributed by atoms with Gasteiger partial charge in [0.2, 0.25) is 0 Å². The minimum atomic E-state index is -3.27. The highest BCUT2D eigenvalue weighted by atomic mass is 32.2. The molecule has 0 spiro atoms. The summed E-state index contributed by atoms with van der Waals surface area (Å²) in [6.07, 6.45) is -0.787. The maximum atomic E-state index is 10.9. The van der Waals surface area contributed by atoms with Gasteiger partial charge >= 0.3 is 0 Å². The molecule has 1 fully saturated rings. The number of nitrogens with zero attached hydrogens (tertiary/aromatic N) is 1. The smallest absolute Gasteiger partial charge is 0.253 e. The first-order valence-electron chi connectivity index (χ1n) is 3.33. The van der Waals surface area contributed by atoms with Gasteiger partial charge in [0.25, 0.3) is 6.04 Å². The van der Waals surface area contributed by atoms with E-state index in [9.17, 15) is 18.5 Å². The predicted molar refractivity (Wildman–Crippen MR) is 40.2 cm³/mol. The van der Waals surface area contributed by atoms with E-state index in [1.807, 2.05) is 0 Å². The zero-order valence-electron chi connectivity index (χ0n) is 6.47. The van der Waals surface area contributed by atoms with E-state index in [1.165, 1.54) is 7.11 Å². The van der Waals surface area contributed by atoms with Crippen molar-refractivity contribution in [2.24, 2.45) is 0 Å². The van der Waals surface area contributed by atoms with Gasteiger partial charge in [-0.15, -0.1) is 0 Å². The van der Waals surface area contributed by atoms with Crippen LogP contribution >= 0.6 is 0 Å². The second-order valence-corrected chi connectivity index (χ2v) is 4.86. The zero-order chi connectivity index (χ0) is 9.35. The highest BCUT2D eigenvalue weighted by Gasteiger charge is 2.45. The first-order valence-corrected chi connectivity index (χ1v) is 5.15. The Morgan fingerprint density at radius 2 is 2.08 bits per heavy atom. The molecule has 0 radical (unpaired) electrons. The fourth-order valence-corrected chi connectivity index (χ4v) is 3.07. The number of nitro groups is 1. The summed E-state index contributed by atoms with van der Waals surface area (Å²) in [5.41, 5.74) is 0. The summed E-state index contributed by atoms with van der Waals surface area (Å²) in [5.74, 6) is -0.645. The Balaban J connectivity index is 2.83. The van der Waals surface area contributed by atoms with Crippen LogP contribution in [0.1, 0.15) is 0 Å². The van der Waals surface area contributed by atoms with Crippen LogP contribution < -0.4 is 0 Å². The monoisotopic (exact) mass is 195 g/mol. The topological polar surface area (TPSA) is 86.5 Å². The molecule has 1 aliphatic rings. The van der Waals surface area contributed by atoms with Gasteiger partial charge in [-0.25, -0.2) is 8.42 Å². The molecule has 0 bridgehead atoms. The third-order valence-corrected chi connectivity index (χ3v) is 3.53. The second-order valence-electron chi connectivity index (χ2n) is 2.70. The molecule has 1 saturated heterocycles. The molecule has 1 heterocycles. The molecule has 12 heavy (non-hydrogen) atoms. The SMILES string of the molecule is CO[C@@H]1CS(=O)(=O)C[C@@H]1[N+](=O)[O-]. The first kappa shape index (κ1) is 9.40. The molecule has 2 atom stereocenters. The van der Waals surface area contributed by atoms with Gasteiger partial charge < -0.3 is 4.74 Å². The van der Waals surface area contributed by atoms with Crippen molar-refractivity contribution >= 4 is 9.84 Å². The number of hydrogen-bond acceptors (Lipinski definition) is 5. The first-order chi connectivity index (χ1) is 5.46. The Kier molecular flexibility index (Phi) is 2.34. The lowest BCUT2D eigenvalue weighted by atomic mass is 10.2. The van der Waals surface area contributed by atoms with E-state index in [4.69, 9.17) is 4.74 Å².